The molecule has 1 saturated heterocycles. The first kappa shape index (κ1) is 15.5. The van der Waals surface area contributed by atoms with E-state index in [-0.39, 0.29) is 18.7 Å². The number of nitro groups is 1. The Labute approximate surface area is 125 Å². The van der Waals surface area contributed by atoms with Crippen molar-refractivity contribution in [3.05, 3.63) is 34.4 Å². The third kappa shape index (κ3) is 3.25. The van der Waals surface area contributed by atoms with E-state index in [0.717, 1.165) is 4.90 Å². The molecule has 0 aromatic heterocycles. The number of ether oxygens (including phenoxy) is 2. The summed E-state index contributed by atoms with van der Waals surface area (Å²) in [6.07, 6.45) is -1.59. The number of carbonyl (C=O) groups excluding carboxylic acids is 1. The van der Waals surface area contributed by atoms with Crippen LogP contribution in [0.2, 0.25) is 0 Å². The van der Waals surface area contributed by atoms with Crippen molar-refractivity contribution in [3.8, 4) is 5.75 Å². The molecule has 1 heterocycles. The second kappa shape index (κ2) is 6.29. The fourth-order valence-electron chi connectivity index (χ4n) is 2.29. The lowest BCUT2D eigenvalue weighted by molar-refractivity contribution is -0.384. The van der Waals surface area contributed by atoms with Crippen molar-refractivity contribution in [1.29, 1.82) is 0 Å². The molecule has 1 aliphatic heterocycles. The van der Waals surface area contributed by atoms with Gasteiger partial charge in [0.05, 0.1) is 18.6 Å². The summed E-state index contributed by atoms with van der Waals surface area (Å²) >= 11 is 0. The Morgan fingerprint density at radius 2 is 2.00 bits per heavy atom. The van der Waals surface area contributed by atoms with E-state index < -0.39 is 29.1 Å². The summed E-state index contributed by atoms with van der Waals surface area (Å²) in [5.74, 6) is -0.274. The number of non-ortho nitro benzene ring substituents is 1. The van der Waals surface area contributed by atoms with E-state index in [9.17, 15) is 19.7 Å². The van der Waals surface area contributed by atoms with Gasteiger partial charge in [-0.1, -0.05) is 0 Å². The first-order valence-corrected chi connectivity index (χ1v) is 6.41. The van der Waals surface area contributed by atoms with Crippen molar-refractivity contribution < 1.29 is 29.1 Å². The first-order chi connectivity index (χ1) is 10.4. The van der Waals surface area contributed by atoms with Gasteiger partial charge in [0.25, 0.3) is 5.69 Å². The van der Waals surface area contributed by atoms with Crippen molar-refractivity contribution in [3.63, 3.8) is 0 Å². The van der Waals surface area contributed by atoms with Crippen molar-refractivity contribution in [1.82, 2.24) is 4.90 Å². The lowest BCUT2D eigenvalue weighted by Gasteiger charge is -2.18. The number of likely N-dealkylation sites (tertiary alicyclic amines) is 1. The molecule has 0 spiro atoms. The van der Waals surface area contributed by atoms with Crippen molar-refractivity contribution >= 4 is 17.7 Å². The summed E-state index contributed by atoms with van der Waals surface area (Å²) in [7, 11) is 1.19. The molecular weight excluding hydrogens is 296 g/mol. The van der Waals surface area contributed by atoms with Gasteiger partial charge in [-0.2, -0.15) is 0 Å². The standard InChI is InChI=1S/C13H14N2O7/c1-21-12(16)11-6-10(7-14(11)13(17)18)22-9-4-2-8(3-5-9)15(19)20/h2-5,10-11H,6-7H2,1H3,(H,17,18)/t10-,11-/m0/s1. The number of methoxy groups -OCH3 is 1. The fourth-order valence-corrected chi connectivity index (χ4v) is 2.29. The molecule has 118 valence electrons. The van der Waals surface area contributed by atoms with Crippen LogP contribution in [0.25, 0.3) is 0 Å². The third-order valence-electron chi connectivity index (χ3n) is 3.33. The Hall–Kier alpha value is -2.84. The Morgan fingerprint density at radius 3 is 2.50 bits per heavy atom. The number of benzene rings is 1. The largest absolute Gasteiger partial charge is 0.488 e. The minimum Gasteiger partial charge on any atom is -0.488 e. The van der Waals surface area contributed by atoms with Crippen LogP contribution in [0.1, 0.15) is 6.42 Å². The van der Waals surface area contributed by atoms with E-state index >= 15 is 0 Å². The van der Waals surface area contributed by atoms with E-state index in [0.29, 0.717) is 5.75 Å². The Kier molecular flexibility index (Phi) is 4.44. The van der Waals surface area contributed by atoms with Crippen LogP contribution < -0.4 is 4.74 Å². The second-order valence-electron chi connectivity index (χ2n) is 4.70. The lowest BCUT2D eigenvalue weighted by atomic mass is 10.2. The number of esters is 1. The number of hydrogen-bond acceptors (Lipinski definition) is 6. The topological polar surface area (TPSA) is 119 Å². The van der Waals surface area contributed by atoms with Gasteiger partial charge in [0.15, 0.2) is 0 Å². The van der Waals surface area contributed by atoms with Gasteiger partial charge in [0, 0.05) is 18.6 Å². The quantitative estimate of drug-likeness (QED) is 0.505. The van der Waals surface area contributed by atoms with Crippen molar-refractivity contribution in [2.24, 2.45) is 0 Å². The summed E-state index contributed by atoms with van der Waals surface area (Å²) in [6.45, 7) is 0.0199. The summed E-state index contributed by atoms with van der Waals surface area (Å²) in [5.41, 5.74) is -0.0710. The van der Waals surface area contributed by atoms with Gasteiger partial charge in [-0.3, -0.25) is 15.0 Å². The number of nitrogens with zero attached hydrogens (tertiary/aromatic N) is 2. The van der Waals surface area contributed by atoms with E-state index in [1.807, 2.05) is 0 Å². The summed E-state index contributed by atoms with van der Waals surface area (Å²) in [4.78, 5) is 33.7. The molecule has 2 atom stereocenters. The molecule has 0 unspecified atom stereocenters. The highest BCUT2D eigenvalue weighted by Crippen LogP contribution is 2.25. The Bertz CT molecular complexity index is 587. The zero-order valence-corrected chi connectivity index (χ0v) is 11.7. The Balaban J connectivity index is 2.06. The summed E-state index contributed by atoms with van der Waals surface area (Å²) < 4.78 is 10.2. The van der Waals surface area contributed by atoms with Gasteiger partial charge < -0.3 is 14.6 Å². The number of hydrogen-bond donors (Lipinski definition) is 1. The second-order valence-corrected chi connectivity index (χ2v) is 4.70. The molecule has 9 heteroatoms. The highest BCUT2D eigenvalue weighted by atomic mass is 16.6. The van der Waals surface area contributed by atoms with Gasteiger partial charge in [0.1, 0.15) is 17.9 Å². The molecule has 1 amide bonds. The Morgan fingerprint density at radius 1 is 1.36 bits per heavy atom. The predicted octanol–water partition coefficient (Wildman–Crippen LogP) is 1.27. The summed E-state index contributed by atoms with van der Waals surface area (Å²) in [5, 5.41) is 19.7. The fraction of sp³-hybridized carbons (Fsp3) is 0.385. The molecule has 1 fully saturated rings. The molecule has 0 bridgehead atoms. The monoisotopic (exact) mass is 310 g/mol. The molecule has 0 aliphatic carbocycles. The molecule has 9 nitrogen and oxygen atoms in total. The van der Waals surface area contributed by atoms with Gasteiger partial charge in [-0.15, -0.1) is 0 Å². The number of carbonyl (C=O) groups is 2. The van der Waals surface area contributed by atoms with Crippen LogP contribution in [-0.4, -0.2) is 52.8 Å². The molecule has 22 heavy (non-hydrogen) atoms. The zero-order valence-electron chi connectivity index (χ0n) is 11.7. The van der Waals surface area contributed by atoms with Crippen LogP contribution >= 0.6 is 0 Å². The maximum atomic E-state index is 11.6. The first-order valence-electron chi connectivity index (χ1n) is 6.41. The molecule has 2 rings (SSSR count). The molecule has 1 N–H and O–H groups in total. The maximum Gasteiger partial charge on any atom is 0.408 e. The van der Waals surface area contributed by atoms with E-state index in [4.69, 9.17) is 9.84 Å². The zero-order chi connectivity index (χ0) is 16.3. The van der Waals surface area contributed by atoms with Crippen LogP contribution in [0, 0.1) is 10.1 Å². The molecule has 1 aromatic carbocycles. The number of nitro benzene ring substituents is 1. The molecule has 0 saturated carbocycles. The third-order valence-corrected chi connectivity index (χ3v) is 3.33. The predicted molar refractivity (Wildman–Crippen MR) is 72.7 cm³/mol. The summed E-state index contributed by atoms with van der Waals surface area (Å²) in [6, 6.07) is 4.52. The van der Waals surface area contributed by atoms with Crippen LogP contribution in [-0.2, 0) is 9.53 Å². The molecule has 1 aliphatic rings. The van der Waals surface area contributed by atoms with Gasteiger partial charge in [-0.25, -0.2) is 9.59 Å². The van der Waals surface area contributed by atoms with Gasteiger partial charge >= 0.3 is 12.1 Å². The average molecular weight is 310 g/mol. The van der Waals surface area contributed by atoms with Crippen LogP contribution in [0.4, 0.5) is 10.5 Å². The highest BCUT2D eigenvalue weighted by molar-refractivity contribution is 5.81. The van der Waals surface area contributed by atoms with Gasteiger partial charge in [0.2, 0.25) is 0 Å². The SMILES string of the molecule is COC(=O)[C@@H]1C[C@H](Oc2ccc([N+](=O)[O-])cc2)CN1C(=O)O. The van der Waals surface area contributed by atoms with Crippen LogP contribution in [0.15, 0.2) is 24.3 Å². The average Bonchev–Trinajstić information content (AvgIpc) is 2.91. The van der Waals surface area contributed by atoms with Crippen LogP contribution in [0.3, 0.4) is 0 Å². The maximum absolute atomic E-state index is 11.6. The lowest BCUT2D eigenvalue weighted by Crippen LogP contribution is -2.40. The van der Waals surface area contributed by atoms with Crippen LogP contribution in [0.5, 0.6) is 5.75 Å². The highest BCUT2D eigenvalue weighted by Gasteiger charge is 2.41. The molecular formula is C13H14N2O7. The number of rotatable bonds is 4. The van der Waals surface area contributed by atoms with Gasteiger partial charge in [-0.05, 0) is 12.1 Å². The minimum absolute atomic E-state index is 0.0199. The van der Waals surface area contributed by atoms with Crippen molar-refractivity contribution in [2.45, 2.75) is 18.6 Å². The molecule has 0 radical (unpaired) electrons. The van der Waals surface area contributed by atoms with E-state index in [1.165, 1.54) is 31.4 Å². The minimum atomic E-state index is -1.23. The molecule has 1 aromatic rings. The van der Waals surface area contributed by atoms with Crippen molar-refractivity contribution in [2.75, 3.05) is 13.7 Å². The number of carboxylic acid groups (broad SMARTS) is 1. The number of amides is 1. The van der Waals surface area contributed by atoms with E-state index in [1.54, 1.807) is 0 Å². The van der Waals surface area contributed by atoms with E-state index in [2.05, 4.69) is 4.74 Å². The smallest absolute Gasteiger partial charge is 0.408 e. The normalized spacial score (nSPS) is 20.5.